The van der Waals surface area contributed by atoms with Crippen molar-refractivity contribution in [3.8, 4) is 0 Å². The van der Waals surface area contributed by atoms with E-state index >= 15 is 0 Å². The van der Waals surface area contributed by atoms with E-state index in [2.05, 4.69) is 66.3 Å². The Morgan fingerprint density at radius 2 is 1.96 bits per heavy atom. The lowest BCUT2D eigenvalue weighted by Crippen LogP contribution is -2.33. The molecule has 2 aromatic rings. The highest BCUT2D eigenvalue weighted by atomic mass is 16.3. The van der Waals surface area contributed by atoms with Crippen LogP contribution in [0.1, 0.15) is 37.6 Å². The number of nitrogens with one attached hydrogen (secondary N) is 1. The molecule has 0 aliphatic carbocycles. The summed E-state index contributed by atoms with van der Waals surface area (Å²) in [4.78, 5) is 11.7. The molecule has 5 nitrogen and oxygen atoms in total. The average molecular weight is 340 g/mol. The summed E-state index contributed by atoms with van der Waals surface area (Å²) in [6.07, 6.45) is 1.90. The van der Waals surface area contributed by atoms with E-state index in [4.69, 9.17) is 4.98 Å². The Morgan fingerprint density at radius 3 is 2.64 bits per heavy atom. The molecule has 0 saturated carbocycles. The van der Waals surface area contributed by atoms with Crippen LogP contribution in [-0.2, 0) is 19.4 Å². The zero-order valence-corrected chi connectivity index (χ0v) is 15.4. The fraction of sp³-hybridized carbons (Fsp3) is 0.500. The van der Waals surface area contributed by atoms with Gasteiger partial charge in [0.05, 0.1) is 12.6 Å². The SMILES string of the molecule is CCc1cc(N2CCc3ccccc3C2)nc(N[C@@H](CO)C(C)C)n1. The fourth-order valence-electron chi connectivity index (χ4n) is 3.17. The van der Waals surface area contributed by atoms with Crippen molar-refractivity contribution in [1.82, 2.24) is 9.97 Å². The first-order valence-corrected chi connectivity index (χ1v) is 9.17. The van der Waals surface area contributed by atoms with Gasteiger partial charge < -0.3 is 15.3 Å². The average Bonchev–Trinajstić information content (AvgIpc) is 2.65. The first kappa shape index (κ1) is 17.7. The van der Waals surface area contributed by atoms with Gasteiger partial charge in [0.15, 0.2) is 0 Å². The van der Waals surface area contributed by atoms with Crippen molar-refractivity contribution in [3.63, 3.8) is 0 Å². The lowest BCUT2D eigenvalue weighted by molar-refractivity contribution is 0.248. The number of benzene rings is 1. The van der Waals surface area contributed by atoms with Crippen LogP contribution in [0.25, 0.3) is 0 Å². The van der Waals surface area contributed by atoms with Crippen LogP contribution in [-0.4, -0.2) is 34.3 Å². The van der Waals surface area contributed by atoms with Crippen molar-refractivity contribution >= 4 is 11.8 Å². The molecule has 1 aliphatic rings. The van der Waals surface area contributed by atoms with Crippen LogP contribution in [0, 0.1) is 5.92 Å². The van der Waals surface area contributed by atoms with Gasteiger partial charge >= 0.3 is 0 Å². The molecule has 1 aliphatic heterocycles. The molecular weight excluding hydrogens is 312 g/mol. The highest BCUT2D eigenvalue weighted by Gasteiger charge is 2.19. The second-order valence-electron chi connectivity index (χ2n) is 7.01. The van der Waals surface area contributed by atoms with Gasteiger partial charge in [-0.25, -0.2) is 4.98 Å². The van der Waals surface area contributed by atoms with Gasteiger partial charge in [-0.3, -0.25) is 0 Å². The number of aryl methyl sites for hydroxylation is 1. The monoisotopic (exact) mass is 340 g/mol. The Morgan fingerprint density at radius 1 is 1.20 bits per heavy atom. The zero-order valence-electron chi connectivity index (χ0n) is 15.4. The molecule has 0 radical (unpaired) electrons. The van der Waals surface area contributed by atoms with E-state index in [1.165, 1.54) is 11.1 Å². The minimum atomic E-state index is -0.0398. The Labute approximate surface area is 150 Å². The number of anilines is 2. The number of rotatable bonds is 6. The molecule has 0 bridgehead atoms. The van der Waals surface area contributed by atoms with Crippen LogP contribution in [0.4, 0.5) is 11.8 Å². The first-order chi connectivity index (χ1) is 12.1. The molecular formula is C20H28N4O. The number of hydrogen-bond donors (Lipinski definition) is 2. The molecule has 0 unspecified atom stereocenters. The Balaban J connectivity index is 1.85. The first-order valence-electron chi connectivity index (χ1n) is 9.17. The maximum atomic E-state index is 9.58. The van der Waals surface area contributed by atoms with Crippen molar-refractivity contribution in [2.75, 3.05) is 23.4 Å². The zero-order chi connectivity index (χ0) is 17.8. The minimum absolute atomic E-state index is 0.0398. The van der Waals surface area contributed by atoms with Crippen LogP contribution in [0.3, 0.4) is 0 Å². The molecule has 1 aromatic heterocycles. The molecule has 0 fully saturated rings. The summed E-state index contributed by atoms with van der Waals surface area (Å²) in [5, 5.41) is 12.9. The van der Waals surface area contributed by atoms with Crippen molar-refractivity contribution in [1.29, 1.82) is 0 Å². The summed E-state index contributed by atoms with van der Waals surface area (Å²) < 4.78 is 0. The van der Waals surface area contributed by atoms with Crippen LogP contribution in [0.2, 0.25) is 0 Å². The minimum Gasteiger partial charge on any atom is -0.394 e. The van der Waals surface area contributed by atoms with Crippen molar-refractivity contribution in [2.45, 2.75) is 46.2 Å². The lowest BCUT2D eigenvalue weighted by Gasteiger charge is -2.30. The lowest BCUT2D eigenvalue weighted by atomic mass is 10.00. The Bertz CT molecular complexity index is 717. The molecule has 5 heteroatoms. The summed E-state index contributed by atoms with van der Waals surface area (Å²) in [6, 6.07) is 10.7. The van der Waals surface area contributed by atoms with Gasteiger partial charge in [-0.1, -0.05) is 45.0 Å². The molecule has 0 amide bonds. The van der Waals surface area contributed by atoms with Gasteiger partial charge in [-0.05, 0) is 29.9 Å². The van der Waals surface area contributed by atoms with E-state index in [-0.39, 0.29) is 12.6 Å². The second kappa shape index (κ2) is 7.83. The molecule has 0 spiro atoms. The Kier molecular flexibility index (Phi) is 5.53. The van der Waals surface area contributed by atoms with Gasteiger partial charge in [0, 0.05) is 24.8 Å². The van der Waals surface area contributed by atoms with E-state index in [0.29, 0.717) is 11.9 Å². The standard InChI is InChI=1S/C20H28N4O/c1-4-17-11-19(23-20(21-17)22-18(13-25)14(2)3)24-10-9-15-7-5-6-8-16(15)12-24/h5-8,11,14,18,25H,4,9-10,12-13H2,1-3H3,(H,21,22,23)/t18-/m0/s1. The van der Waals surface area contributed by atoms with Crippen molar-refractivity contribution in [2.24, 2.45) is 5.92 Å². The third-order valence-corrected chi connectivity index (χ3v) is 4.90. The third-order valence-electron chi connectivity index (χ3n) is 4.90. The number of nitrogens with zero attached hydrogens (tertiary/aromatic N) is 3. The quantitative estimate of drug-likeness (QED) is 0.846. The van der Waals surface area contributed by atoms with Gasteiger partial charge in [0.25, 0.3) is 0 Å². The van der Waals surface area contributed by atoms with Gasteiger partial charge in [0.1, 0.15) is 5.82 Å². The molecule has 1 aromatic carbocycles. The Hall–Kier alpha value is -2.14. The largest absolute Gasteiger partial charge is 0.394 e. The van der Waals surface area contributed by atoms with Gasteiger partial charge in [-0.2, -0.15) is 4.98 Å². The van der Waals surface area contributed by atoms with E-state index in [9.17, 15) is 5.11 Å². The second-order valence-corrected chi connectivity index (χ2v) is 7.01. The third kappa shape index (κ3) is 4.10. The summed E-state index contributed by atoms with van der Waals surface area (Å²) in [5.74, 6) is 1.88. The van der Waals surface area contributed by atoms with E-state index in [1.807, 2.05) is 0 Å². The number of fused-ring (bicyclic) bond motifs is 1. The fourth-order valence-corrected chi connectivity index (χ4v) is 3.17. The maximum absolute atomic E-state index is 9.58. The van der Waals surface area contributed by atoms with Crippen LogP contribution in [0.5, 0.6) is 0 Å². The van der Waals surface area contributed by atoms with E-state index < -0.39 is 0 Å². The van der Waals surface area contributed by atoms with Crippen molar-refractivity contribution in [3.05, 3.63) is 47.2 Å². The van der Waals surface area contributed by atoms with E-state index in [0.717, 1.165) is 37.4 Å². The highest BCUT2D eigenvalue weighted by molar-refractivity contribution is 5.48. The normalized spacial score (nSPS) is 15.2. The number of hydrogen-bond acceptors (Lipinski definition) is 5. The van der Waals surface area contributed by atoms with Crippen LogP contribution >= 0.6 is 0 Å². The predicted molar refractivity (Wildman–Crippen MR) is 102 cm³/mol. The number of aromatic nitrogens is 2. The molecule has 2 heterocycles. The summed E-state index contributed by atoms with van der Waals surface area (Å²) in [6.45, 7) is 8.19. The molecule has 2 N–H and O–H groups in total. The molecule has 1 atom stereocenters. The number of aliphatic hydroxyl groups excluding tert-OH is 1. The maximum Gasteiger partial charge on any atom is 0.225 e. The highest BCUT2D eigenvalue weighted by Crippen LogP contribution is 2.24. The van der Waals surface area contributed by atoms with Crippen LogP contribution < -0.4 is 10.2 Å². The summed E-state index contributed by atoms with van der Waals surface area (Å²) in [7, 11) is 0. The van der Waals surface area contributed by atoms with Crippen LogP contribution in [0.15, 0.2) is 30.3 Å². The van der Waals surface area contributed by atoms with Gasteiger partial charge in [-0.15, -0.1) is 0 Å². The summed E-state index contributed by atoms with van der Waals surface area (Å²) >= 11 is 0. The predicted octanol–water partition coefficient (Wildman–Crippen LogP) is 3.03. The number of aliphatic hydroxyl groups is 1. The smallest absolute Gasteiger partial charge is 0.225 e. The van der Waals surface area contributed by atoms with E-state index in [1.54, 1.807) is 0 Å². The van der Waals surface area contributed by atoms with Crippen molar-refractivity contribution < 1.29 is 5.11 Å². The molecule has 0 saturated heterocycles. The molecule has 134 valence electrons. The van der Waals surface area contributed by atoms with Gasteiger partial charge in [0.2, 0.25) is 5.95 Å². The summed E-state index contributed by atoms with van der Waals surface area (Å²) in [5.41, 5.74) is 3.82. The topological polar surface area (TPSA) is 61.3 Å². The molecule has 3 rings (SSSR count). The molecule has 25 heavy (non-hydrogen) atoms.